The van der Waals surface area contributed by atoms with Gasteiger partial charge in [0.05, 0.1) is 11.3 Å². The van der Waals surface area contributed by atoms with Crippen LogP contribution in [0.4, 0.5) is 5.69 Å². The smallest absolute Gasteiger partial charge is 0.307 e. The molecule has 0 bridgehead atoms. The summed E-state index contributed by atoms with van der Waals surface area (Å²) < 4.78 is 32.2. The number of hydrogen-bond donors (Lipinski definition) is 1. The van der Waals surface area contributed by atoms with Crippen molar-refractivity contribution in [3.05, 3.63) is 59.2 Å². The number of sulfonamides is 1. The Kier molecular flexibility index (Phi) is 6.34. The molecule has 29 heavy (non-hydrogen) atoms. The molecular weight excluding hydrogens is 392 g/mol. The van der Waals surface area contributed by atoms with Crippen LogP contribution in [0.2, 0.25) is 0 Å². The summed E-state index contributed by atoms with van der Waals surface area (Å²) in [5.74, 6) is -0.923. The predicted octanol–water partition coefficient (Wildman–Crippen LogP) is 2.10. The van der Waals surface area contributed by atoms with Crippen LogP contribution < -0.4 is 9.62 Å². The molecule has 0 atom stereocenters. The quantitative estimate of drug-likeness (QED) is 0.698. The maximum Gasteiger partial charge on any atom is 0.307 e. The number of rotatable bonds is 7. The molecule has 154 valence electrons. The van der Waals surface area contributed by atoms with Crippen molar-refractivity contribution in [3.63, 3.8) is 0 Å². The molecule has 1 aliphatic heterocycles. The van der Waals surface area contributed by atoms with Crippen molar-refractivity contribution >= 4 is 27.6 Å². The van der Waals surface area contributed by atoms with Gasteiger partial charge in [-0.3, -0.25) is 9.59 Å². The van der Waals surface area contributed by atoms with Crippen molar-refractivity contribution in [2.45, 2.75) is 31.6 Å². The van der Waals surface area contributed by atoms with Gasteiger partial charge in [0.15, 0.2) is 6.61 Å². The van der Waals surface area contributed by atoms with Crippen LogP contribution >= 0.6 is 0 Å². The van der Waals surface area contributed by atoms with E-state index in [1.807, 2.05) is 31.2 Å². The second-order valence-corrected chi connectivity index (χ2v) is 8.74. The fourth-order valence-corrected chi connectivity index (χ4v) is 4.61. The lowest BCUT2D eigenvalue weighted by molar-refractivity contribution is -0.147. The molecule has 2 aromatic carbocycles. The Morgan fingerprint density at radius 1 is 1.14 bits per heavy atom. The number of amides is 1. The Morgan fingerprint density at radius 3 is 2.66 bits per heavy atom. The van der Waals surface area contributed by atoms with Gasteiger partial charge in [-0.15, -0.1) is 0 Å². The number of para-hydroxylation sites is 1. The number of nitrogens with zero attached hydrogens (tertiary/aromatic N) is 1. The Morgan fingerprint density at radius 2 is 1.90 bits per heavy atom. The molecule has 0 fully saturated rings. The first kappa shape index (κ1) is 21.0. The highest BCUT2D eigenvalue weighted by molar-refractivity contribution is 7.89. The number of fused-ring (bicyclic) bond motifs is 1. The van der Waals surface area contributed by atoms with E-state index in [1.54, 1.807) is 24.0 Å². The SMILES string of the molecule is Cc1ccc(S(=O)(=O)NCCC(=O)OCC(=O)N2CCc3ccccc32)c(C)c1. The van der Waals surface area contributed by atoms with Crippen LogP contribution in [-0.2, 0) is 30.8 Å². The summed E-state index contributed by atoms with van der Waals surface area (Å²) >= 11 is 0. The van der Waals surface area contributed by atoms with E-state index in [4.69, 9.17) is 4.74 Å². The van der Waals surface area contributed by atoms with Crippen molar-refractivity contribution in [2.24, 2.45) is 0 Å². The summed E-state index contributed by atoms with van der Waals surface area (Å²) in [7, 11) is -3.71. The molecule has 0 radical (unpaired) electrons. The van der Waals surface area contributed by atoms with E-state index >= 15 is 0 Å². The van der Waals surface area contributed by atoms with Crippen molar-refractivity contribution in [3.8, 4) is 0 Å². The lowest BCUT2D eigenvalue weighted by atomic mass is 10.2. The maximum absolute atomic E-state index is 12.4. The van der Waals surface area contributed by atoms with Gasteiger partial charge in [0.2, 0.25) is 10.0 Å². The van der Waals surface area contributed by atoms with E-state index in [1.165, 1.54) is 6.07 Å². The third-order valence-electron chi connectivity index (χ3n) is 4.79. The Bertz CT molecular complexity index is 1030. The van der Waals surface area contributed by atoms with Gasteiger partial charge in [0, 0.05) is 18.8 Å². The van der Waals surface area contributed by atoms with Crippen LogP contribution in [0, 0.1) is 13.8 Å². The van der Waals surface area contributed by atoms with Gasteiger partial charge in [-0.1, -0.05) is 35.9 Å². The minimum Gasteiger partial charge on any atom is -0.456 e. The van der Waals surface area contributed by atoms with E-state index in [9.17, 15) is 18.0 Å². The minimum absolute atomic E-state index is 0.102. The molecule has 0 spiro atoms. The predicted molar refractivity (Wildman–Crippen MR) is 109 cm³/mol. The highest BCUT2D eigenvalue weighted by Crippen LogP contribution is 2.27. The number of benzene rings is 2. The summed E-state index contributed by atoms with van der Waals surface area (Å²) in [6.45, 7) is 3.70. The number of nitrogens with one attached hydrogen (secondary N) is 1. The average molecular weight is 416 g/mol. The Labute approximate surface area is 170 Å². The molecule has 0 aliphatic carbocycles. The van der Waals surface area contributed by atoms with E-state index in [0.29, 0.717) is 12.1 Å². The minimum atomic E-state index is -3.71. The van der Waals surface area contributed by atoms with Gasteiger partial charge in [-0.05, 0) is 43.5 Å². The molecule has 0 aromatic heterocycles. The topological polar surface area (TPSA) is 92.8 Å². The van der Waals surface area contributed by atoms with Crippen molar-refractivity contribution < 1.29 is 22.7 Å². The molecule has 8 heteroatoms. The molecule has 0 unspecified atom stereocenters. The van der Waals surface area contributed by atoms with Gasteiger partial charge in [0.1, 0.15) is 0 Å². The summed E-state index contributed by atoms with van der Waals surface area (Å²) in [6, 6.07) is 12.7. The maximum atomic E-state index is 12.4. The first-order chi connectivity index (χ1) is 13.8. The number of hydrogen-bond acceptors (Lipinski definition) is 5. The van der Waals surface area contributed by atoms with Gasteiger partial charge < -0.3 is 9.64 Å². The van der Waals surface area contributed by atoms with Crippen molar-refractivity contribution in [1.29, 1.82) is 0 Å². The monoisotopic (exact) mass is 416 g/mol. The van der Waals surface area contributed by atoms with Gasteiger partial charge >= 0.3 is 5.97 Å². The molecule has 2 aromatic rings. The molecule has 1 heterocycles. The fraction of sp³-hybridized carbons (Fsp3) is 0.333. The number of carbonyl (C=O) groups is 2. The number of esters is 1. The summed E-state index contributed by atoms with van der Waals surface area (Å²) in [5.41, 5.74) is 3.54. The number of carbonyl (C=O) groups excluding carboxylic acids is 2. The largest absolute Gasteiger partial charge is 0.456 e. The van der Waals surface area contributed by atoms with Crippen LogP contribution in [-0.4, -0.2) is 40.0 Å². The molecule has 0 saturated carbocycles. The van der Waals surface area contributed by atoms with Crippen LogP contribution in [0.15, 0.2) is 47.4 Å². The molecule has 3 rings (SSSR count). The standard InChI is InChI=1S/C21H24N2O5S/c1-15-7-8-19(16(2)13-15)29(26,27)22-11-9-21(25)28-14-20(24)23-12-10-17-5-3-4-6-18(17)23/h3-8,13,22H,9-12,14H2,1-2H3. The molecule has 1 amide bonds. The normalized spacial score (nSPS) is 13.2. The zero-order valence-corrected chi connectivity index (χ0v) is 17.3. The van der Waals surface area contributed by atoms with Crippen molar-refractivity contribution in [1.82, 2.24) is 4.72 Å². The first-order valence-corrected chi connectivity index (χ1v) is 10.9. The molecule has 1 aliphatic rings. The Hall–Kier alpha value is -2.71. The molecular formula is C21H24N2O5S. The van der Waals surface area contributed by atoms with Gasteiger partial charge in [0.25, 0.3) is 5.91 Å². The van der Waals surface area contributed by atoms with E-state index in [2.05, 4.69) is 4.72 Å². The average Bonchev–Trinajstić information content (AvgIpc) is 3.10. The lowest BCUT2D eigenvalue weighted by Gasteiger charge is -2.17. The zero-order valence-electron chi connectivity index (χ0n) is 16.5. The van der Waals surface area contributed by atoms with Gasteiger partial charge in [-0.2, -0.15) is 0 Å². The highest BCUT2D eigenvalue weighted by atomic mass is 32.2. The Balaban J connectivity index is 1.46. The first-order valence-electron chi connectivity index (χ1n) is 9.39. The molecule has 7 nitrogen and oxygen atoms in total. The molecule has 0 saturated heterocycles. The number of aryl methyl sites for hydroxylation is 2. The molecule has 1 N–H and O–H groups in total. The van der Waals surface area contributed by atoms with Crippen LogP contribution in [0.5, 0.6) is 0 Å². The summed E-state index contributed by atoms with van der Waals surface area (Å²) in [5, 5.41) is 0. The van der Waals surface area contributed by atoms with E-state index in [0.717, 1.165) is 23.2 Å². The third-order valence-corrected chi connectivity index (χ3v) is 6.41. The van der Waals surface area contributed by atoms with Crippen LogP contribution in [0.1, 0.15) is 23.1 Å². The second kappa shape index (κ2) is 8.75. The lowest BCUT2D eigenvalue weighted by Crippen LogP contribution is -2.33. The summed E-state index contributed by atoms with van der Waals surface area (Å²) in [6.07, 6.45) is 0.615. The summed E-state index contributed by atoms with van der Waals surface area (Å²) in [4.78, 5) is 26.0. The highest BCUT2D eigenvalue weighted by Gasteiger charge is 2.25. The second-order valence-electron chi connectivity index (χ2n) is 7.00. The number of ether oxygens (including phenoxy) is 1. The van der Waals surface area contributed by atoms with Crippen LogP contribution in [0.3, 0.4) is 0 Å². The third kappa shape index (κ3) is 5.02. The van der Waals surface area contributed by atoms with Gasteiger partial charge in [-0.25, -0.2) is 13.1 Å². The number of anilines is 1. The van der Waals surface area contributed by atoms with E-state index < -0.39 is 16.0 Å². The van der Waals surface area contributed by atoms with Crippen LogP contribution in [0.25, 0.3) is 0 Å². The van der Waals surface area contributed by atoms with Crippen molar-refractivity contribution in [2.75, 3.05) is 24.6 Å². The van der Waals surface area contributed by atoms with E-state index in [-0.39, 0.29) is 30.4 Å². The zero-order chi connectivity index (χ0) is 21.0. The fourth-order valence-electron chi connectivity index (χ4n) is 3.36.